The summed E-state index contributed by atoms with van der Waals surface area (Å²) < 4.78 is 60.1. The van der Waals surface area contributed by atoms with Gasteiger partial charge in [0.15, 0.2) is 5.83 Å². The third kappa shape index (κ3) is 6.58. The largest absolute Gasteiger partial charge is 0.513 e. The Morgan fingerprint density at radius 1 is 0.926 bits per heavy atom. The van der Waals surface area contributed by atoms with Crippen molar-refractivity contribution in [3.63, 3.8) is 0 Å². The van der Waals surface area contributed by atoms with Gasteiger partial charge in [0.1, 0.15) is 17.8 Å². The first kappa shape index (κ1) is 21.8. The highest BCUT2D eigenvalue weighted by atomic mass is 19.3. The minimum absolute atomic E-state index is 0.110. The minimum Gasteiger partial charge on any atom is -0.513 e. The molecule has 0 amide bonds. The van der Waals surface area contributed by atoms with Crippen LogP contribution in [0.3, 0.4) is 0 Å². The molecule has 27 heavy (non-hydrogen) atoms. The fourth-order valence-corrected chi connectivity index (χ4v) is 4.39. The van der Waals surface area contributed by atoms with Gasteiger partial charge in [0.2, 0.25) is 0 Å². The predicted octanol–water partition coefficient (Wildman–Crippen LogP) is 7.35. The molecule has 0 saturated heterocycles. The average molecular weight is 390 g/mol. The van der Waals surface area contributed by atoms with E-state index in [0.29, 0.717) is 36.8 Å². The van der Waals surface area contributed by atoms with Gasteiger partial charge in [-0.25, -0.2) is 8.78 Å². The summed E-state index contributed by atoms with van der Waals surface area (Å²) in [5.41, 5.74) is 0. The van der Waals surface area contributed by atoms with E-state index in [2.05, 4.69) is 11.7 Å². The van der Waals surface area contributed by atoms with Crippen LogP contribution in [-0.4, -0.2) is 11.2 Å². The van der Waals surface area contributed by atoms with Gasteiger partial charge in [-0.15, -0.1) is 0 Å². The number of alkyl halides is 2. The van der Waals surface area contributed by atoms with Crippen LogP contribution in [0.5, 0.6) is 0 Å². The van der Waals surface area contributed by atoms with Crippen molar-refractivity contribution >= 4 is 0 Å². The lowest BCUT2D eigenvalue weighted by atomic mass is 9.69. The van der Waals surface area contributed by atoms with Gasteiger partial charge in [-0.1, -0.05) is 19.8 Å². The summed E-state index contributed by atoms with van der Waals surface area (Å²) in [4.78, 5) is 0. The first-order chi connectivity index (χ1) is 12.7. The van der Waals surface area contributed by atoms with Gasteiger partial charge in [-0.05, 0) is 63.2 Å². The molecule has 0 aliphatic heterocycles. The molecule has 0 aromatic carbocycles. The summed E-state index contributed by atoms with van der Waals surface area (Å²) in [7, 11) is 0. The van der Waals surface area contributed by atoms with E-state index < -0.39 is 29.4 Å². The molecule has 0 atom stereocenters. The average Bonchev–Trinajstić information content (AvgIpc) is 2.61. The molecule has 154 valence electrons. The van der Waals surface area contributed by atoms with Crippen molar-refractivity contribution in [3.05, 3.63) is 35.8 Å². The van der Waals surface area contributed by atoms with E-state index in [0.717, 1.165) is 25.7 Å². The molecule has 2 saturated carbocycles. The molecule has 2 aliphatic carbocycles. The van der Waals surface area contributed by atoms with Crippen LogP contribution in [0.2, 0.25) is 0 Å². The van der Waals surface area contributed by atoms with Gasteiger partial charge in [0.25, 0.3) is 0 Å². The minimum atomic E-state index is -3.51. The zero-order chi connectivity index (χ0) is 20.0. The number of aliphatic hydroxyl groups is 1. The highest BCUT2D eigenvalue weighted by Gasteiger charge is 2.45. The van der Waals surface area contributed by atoms with Crippen molar-refractivity contribution in [2.45, 2.75) is 71.3 Å². The number of halogens is 4. The summed E-state index contributed by atoms with van der Waals surface area (Å²) in [6, 6.07) is 0. The molecule has 2 fully saturated rings. The summed E-state index contributed by atoms with van der Waals surface area (Å²) in [6.07, 6.45) is 4.80. The molecule has 0 aromatic rings. The fraction of sp³-hybridized carbons (Fsp3) is 0.714. The summed E-state index contributed by atoms with van der Waals surface area (Å²) in [6.45, 7) is 3.31. The van der Waals surface area contributed by atoms with Gasteiger partial charge in [-0.3, -0.25) is 0 Å². The molecule has 2 rings (SSSR count). The van der Waals surface area contributed by atoms with Crippen LogP contribution >= 0.6 is 0 Å². The zero-order valence-electron chi connectivity index (χ0n) is 16.1. The van der Waals surface area contributed by atoms with Crippen LogP contribution in [-0.2, 0) is 4.74 Å². The van der Waals surface area contributed by atoms with Gasteiger partial charge in [0, 0.05) is 12.2 Å². The Hall–Kier alpha value is -1.46. The number of ether oxygens (including phenoxy) is 1. The normalized spacial score (nSPS) is 31.7. The van der Waals surface area contributed by atoms with Crippen molar-refractivity contribution in [1.29, 1.82) is 0 Å². The van der Waals surface area contributed by atoms with Crippen LogP contribution < -0.4 is 0 Å². The third-order valence-electron chi connectivity index (χ3n) is 5.97. The molecule has 0 unspecified atom stereocenters. The van der Waals surface area contributed by atoms with E-state index >= 15 is 0 Å². The lowest BCUT2D eigenvalue weighted by Gasteiger charge is -2.38. The maximum absolute atomic E-state index is 14.6. The Labute approximate surface area is 159 Å². The van der Waals surface area contributed by atoms with Gasteiger partial charge < -0.3 is 9.84 Å². The number of hydrogen-bond donors (Lipinski definition) is 1. The number of rotatable bonds is 6. The first-order valence-electron chi connectivity index (χ1n) is 9.83. The smallest absolute Gasteiger partial charge is 0.400 e. The van der Waals surface area contributed by atoms with Crippen LogP contribution in [0.4, 0.5) is 17.6 Å². The van der Waals surface area contributed by atoms with Crippen LogP contribution in [0.15, 0.2) is 35.8 Å². The number of allylic oxidation sites excluding steroid dienone is 4. The van der Waals surface area contributed by atoms with Crippen LogP contribution in [0.25, 0.3) is 0 Å². The Morgan fingerprint density at radius 2 is 1.44 bits per heavy atom. The quantitative estimate of drug-likeness (QED) is 0.292. The van der Waals surface area contributed by atoms with E-state index in [4.69, 9.17) is 5.11 Å². The van der Waals surface area contributed by atoms with E-state index in [1.807, 2.05) is 0 Å². The fourth-order valence-electron chi connectivity index (χ4n) is 4.39. The van der Waals surface area contributed by atoms with Crippen molar-refractivity contribution < 1.29 is 27.4 Å². The summed E-state index contributed by atoms with van der Waals surface area (Å²) >= 11 is 0. The second kappa shape index (κ2) is 9.65. The molecule has 0 bridgehead atoms. The Morgan fingerprint density at radius 3 is 1.93 bits per heavy atom. The second-order valence-corrected chi connectivity index (χ2v) is 8.09. The number of aliphatic hydroxyl groups excluding tert-OH is 1. The van der Waals surface area contributed by atoms with E-state index in [-0.39, 0.29) is 6.26 Å². The Kier molecular flexibility index (Phi) is 7.80. The molecule has 0 radical (unpaired) electrons. The SMILES string of the molecule is C\C(F)=C/C(=C\C(F)=C\O)OC(F)(F)C1CCC(C2CCC(C)CC2)CC1. The monoisotopic (exact) mass is 390 g/mol. The molecule has 2 nitrogen and oxygen atoms in total. The molecule has 1 N–H and O–H groups in total. The molecule has 0 heterocycles. The van der Waals surface area contributed by atoms with Crippen LogP contribution in [0.1, 0.15) is 65.2 Å². The summed E-state index contributed by atoms with van der Waals surface area (Å²) in [5.74, 6) is -1.72. The van der Waals surface area contributed by atoms with E-state index in [1.165, 1.54) is 25.7 Å². The van der Waals surface area contributed by atoms with Gasteiger partial charge >= 0.3 is 6.11 Å². The lowest BCUT2D eigenvalue weighted by Crippen LogP contribution is -2.36. The van der Waals surface area contributed by atoms with E-state index in [1.54, 1.807) is 0 Å². The van der Waals surface area contributed by atoms with Crippen molar-refractivity contribution in [1.82, 2.24) is 0 Å². The highest BCUT2D eigenvalue weighted by molar-refractivity contribution is 5.22. The van der Waals surface area contributed by atoms with Crippen LogP contribution in [0, 0.1) is 23.7 Å². The van der Waals surface area contributed by atoms with Gasteiger partial charge in [-0.2, -0.15) is 8.78 Å². The first-order valence-corrected chi connectivity index (χ1v) is 9.83. The molecule has 0 aromatic heterocycles. The van der Waals surface area contributed by atoms with Crippen molar-refractivity contribution in [3.8, 4) is 0 Å². The Balaban J connectivity index is 1.96. The summed E-state index contributed by atoms with van der Waals surface area (Å²) in [5, 5.41) is 8.60. The van der Waals surface area contributed by atoms with E-state index in [9.17, 15) is 17.6 Å². The van der Waals surface area contributed by atoms with Gasteiger partial charge in [0.05, 0.1) is 5.92 Å². The Bertz CT molecular complexity index is 563. The molecule has 6 heteroatoms. The van der Waals surface area contributed by atoms with Crippen molar-refractivity contribution in [2.75, 3.05) is 0 Å². The standard InChI is InChI=1S/C21H30F4O2/c1-14-3-5-16(6-4-14)17-7-9-18(10-8-17)21(24,25)27-20(11-15(2)22)12-19(23)13-26/h11-14,16-18,26H,3-10H2,1-2H3/b15-11+,19-13-,20-12+. The maximum atomic E-state index is 14.6. The highest BCUT2D eigenvalue weighted by Crippen LogP contribution is 2.45. The zero-order valence-corrected chi connectivity index (χ0v) is 16.1. The second-order valence-electron chi connectivity index (χ2n) is 8.09. The molecular formula is C21H30F4O2. The topological polar surface area (TPSA) is 29.5 Å². The predicted molar refractivity (Wildman–Crippen MR) is 97.4 cm³/mol. The third-order valence-corrected chi connectivity index (χ3v) is 5.97. The molecular weight excluding hydrogens is 360 g/mol. The van der Waals surface area contributed by atoms with Crippen molar-refractivity contribution in [2.24, 2.45) is 23.7 Å². The molecule has 2 aliphatic rings. The molecule has 0 spiro atoms. The maximum Gasteiger partial charge on any atom is 0.400 e. The lowest BCUT2D eigenvalue weighted by molar-refractivity contribution is -0.254. The number of hydrogen-bond acceptors (Lipinski definition) is 2.